The maximum atomic E-state index is 12.8. The summed E-state index contributed by atoms with van der Waals surface area (Å²) in [4.78, 5) is 26.4. The second-order valence-corrected chi connectivity index (χ2v) is 7.74. The van der Waals surface area contributed by atoms with Crippen molar-refractivity contribution in [2.45, 2.75) is 58.2 Å². The molecule has 0 radical (unpaired) electrons. The highest BCUT2D eigenvalue weighted by Gasteiger charge is 2.76. The topological polar surface area (TPSA) is 57.0 Å². The fraction of sp³-hybridized carbons (Fsp3) is 0.875. The number of ether oxygens (including phenoxy) is 2. The number of quaternary nitrogens is 1. The molecule has 0 spiro atoms. The maximum absolute atomic E-state index is 12.8. The predicted octanol–water partition coefficient (Wildman–Crippen LogP) is 0.329. The molecule has 3 aliphatic rings. The molecule has 0 aromatic heterocycles. The van der Waals surface area contributed by atoms with E-state index in [1.807, 2.05) is 20.8 Å². The van der Waals surface area contributed by atoms with Crippen LogP contribution < -0.4 is 4.90 Å². The molecule has 118 valence electrons. The second-order valence-electron chi connectivity index (χ2n) is 7.74. The Bertz CT molecular complexity index is 481. The van der Waals surface area contributed by atoms with Gasteiger partial charge in [-0.05, 0) is 19.8 Å². The van der Waals surface area contributed by atoms with Gasteiger partial charge in [-0.15, -0.1) is 0 Å². The molecule has 0 unspecified atom stereocenters. The molecule has 3 rings (SSSR count). The molecule has 2 atom stereocenters. The van der Waals surface area contributed by atoms with Gasteiger partial charge >= 0.3 is 11.9 Å². The first-order valence-corrected chi connectivity index (χ1v) is 7.99. The molecule has 2 saturated heterocycles. The summed E-state index contributed by atoms with van der Waals surface area (Å²) in [5, 5.41) is 0. The number of esters is 2. The van der Waals surface area contributed by atoms with Crippen molar-refractivity contribution in [2.24, 2.45) is 10.8 Å². The molecule has 2 heterocycles. The van der Waals surface area contributed by atoms with Crippen LogP contribution in [0.2, 0.25) is 0 Å². The summed E-state index contributed by atoms with van der Waals surface area (Å²) < 4.78 is 11.3. The standard InChI is InChI=1S/C16H25NO4/c1-14(2)15(3)7-8-16(14,21-12(15)18)13(19)20-11-5-9-17(4)10-6-11/h11H,5-10H2,1-4H3/p+1/t15-,16-/m0/s1. The highest BCUT2D eigenvalue weighted by molar-refractivity contribution is 5.93. The number of piperidine rings is 1. The molecule has 5 nitrogen and oxygen atoms in total. The lowest BCUT2D eigenvalue weighted by Crippen LogP contribution is -3.10. The van der Waals surface area contributed by atoms with Crippen LogP contribution in [0, 0.1) is 10.8 Å². The Labute approximate surface area is 126 Å². The van der Waals surface area contributed by atoms with Gasteiger partial charge < -0.3 is 14.4 Å². The largest absolute Gasteiger partial charge is 0.459 e. The molecule has 1 N–H and O–H groups in total. The Morgan fingerprint density at radius 2 is 1.86 bits per heavy atom. The molecule has 21 heavy (non-hydrogen) atoms. The zero-order chi connectivity index (χ0) is 15.5. The van der Waals surface area contributed by atoms with Crippen LogP contribution in [0.5, 0.6) is 0 Å². The number of nitrogens with one attached hydrogen (secondary N) is 1. The molecule has 3 fully saturated rings. The third-order valence-corrected chi connectivity index (χ3v) is 6.47. The summed E-state index contributed by atoms with van der Waals surface area (Å²) in [7, 11) is 2.15. The van der Waals surface area contributed by atoms with Gasteiger partial charge in [0.1, 0.15) is 6.10 Å². The number of hydrogen-bond acceptors (Lipinski definition) is 4. The zero-order valence-corrected chi connectivity index (χ0v) is 13.5. The minimum absolute atomic E-state index is 0.0301. The Balaban J connectivity index is 1.77. The first-order valence-electron chi connectivity index (χ1n) is 7.99. The van der Waals surface area contributed by atoms with Crippen molar-refractivity contribution in [2.75, 3.05) is 20.1 Å². The quantitative estimate of drug-likeness (QED) is 0.746. The van der Waals surface area contributed by atoms with Crippen LogP contribution in [0.3, 0.4) is 0 Å². The summed E-state index contributed by atoms with van der Waals surface area (Å²) in [6.45, 7) is 7.88. The fourth-order valence-electron chi connectivity index (χ4n) is 4.15. The summed E-state index contributed by atoms with van der Waals surface area (Å²) in [6.07, 6.45) is 3.03. The van der Waals surface area contributed by atoms with E-state index in [-0.39, 0.29) is 18.0 Å². The molecule has 5 heteroatoms. The summed E-state index contributed by atoms with van der Waals surface area (Å²) in [6, 6.07) is 0. The minimum atomic E-state index is -1.07. The van der Waals surface area contributed by atoms with Gasteiger partial charge in [-0.1, -0.05) is 13.8 Å². The monoisotopic (exact) mass is 296 g/mol. The molecule has 1 aliphatic carbocycles. The number of carbonyl (C=O) groups is 2. The van der Waals surface area contributed by atoms with Crippen LogP contribution >= 0.6 is 0 Å². The third kappa shape index (κ3) is 1.79. The normalized spacial score (nSPS) is 44.5. The molecule has 2 bridgehead atoms. The van der Waals surface area contributed by atoms with Crippen molar-refractivity contribution in [1.29, 1.82) is 0 Å². The summed E-state index contributed by atoms with van der Waals surface area (Å²) in [5.74, 6) is -0.574. The first-order chi connectivity index (χ1) is 9.73. The van der Waals surface area contributed by atoms with E-state index < -0.39 is 16.4 Å². The minimum Gasteiger partial charge on any atom is -0.459 e. The smallest absolute Gasteiger partial charge is 0.351 e. The van der Waals surface area contributed by atoms with Crippen molar-refractivity contribution in [1.82, 2.24) is 0 Å². The number of likely N-dealkylation sites (tertiary alicyclic amines) is 1. The van der Waals surface area contributed by atoms with Gasteiger partial charge in [-0.2, -0.15) is 0 Å². The first kappa shape index (κ1) is 14.8. The lowest BCUT2D eigenvalue weighted by molar-refractivity contribution is -0.885. The van der Waals surface area contributed by atoms with Gasteiger partial charge in [0.2, 0.25) is 5.60 Å². The SMILES string of the molecule is C[NH+]1CCC(OC(=O)[C@]23CC[C@@](C)(C(=O)O2)C3(C)C)CC1. The van der Waals surface area contributed by atoms with Crippen molar-refractivity contribution in [3.05, 3.63) is 0 Å². The maximum Gasteiger partial charge on any atom is 0.351 e. The highest BCUT2D eigenvalue weighted by atomic mass is 16.6. The van der Waals surface area contributed by atoms with Crippen LogP contribution in [0.1, 0.15) is 46.5 Å². The van der Waals surface area contributed by atoms with E-state index in [0.717, 1.165) is 25.9 Å². The van der Waals surface area contributed by atoms with E-state index in [1.165, 1.54) is 4.90 Å². The van der Waals surface area contributed by atoms with Gasteiger partial charge in [-0.25, -0.2) is 4.79 Å². The Hall–Kier alpha value is -1.10. The predicted molar refractivity (Wildman–Crippen MR) is 75.7 cm³/mol. The van der Waals surface area contributed by atoms with Crippen molar-refractivity contribution in [3.8, 4) is 0 Å². The highest BCUT2D eigenvalue weighted by Crippen LogP contribution is 2.65. The van der Waals surface area contributed by atoms with Gasteiger partial charge in [0, 0.05) is 18.3 Å². The van der Waals surface area contributed by atoms with E-state index in [9.17, 15) is 9.59 Å². The molecule has 0 aromatic rings. The van der Waals surface area contributed by atoms with Crippen LogP contribution in [0.4, 0.5) is 0 Å². The average Bonchev–Trinajstić information content (AvgIpc) is 2.72. The van der Waals surface area contributed by atoms with Crippen LogP contribution in [-0.2, 0) is 19.1 Å². The Kier molecular flexibility index (Phi) is 3.14. The Morgan fingerprint density at radius 1 is 1.24 bits per heavy atom. The van der Waals surface area contributed by atoms with Gasteiger partial charge in [0.05, 0.1) is 25.6 Å². The van der Waals surface area contributed by atoms with Crippen molar-refractivity contribution >= 4 is 11.9 Å². The molecule has 0 aromatic carbocycles. The number of hydrogen-bond donors (Lipinski definition) is 1. The Morgan fingerprint density at radius 3 is 2.33 bits per heavy atom. The second kappa shape index (κ2) is 4.45. The van der Waals surface area contributed by atoms with E-state index in [4.69, 9.17) is 9.47 Å². The van der Waals surface area contributed by atoms with Crippen LogP contribution in [0.15, 0.2) is 0 Å². The van der Waals surface area contributed by atoms with E-state index in [2.05, 4.69) is 7.05 Å². The third-order valence-electron chi connectivity index (χ3n) is 6.47. The molecule has 0 amide bonds. The number of rotatable bonds is 2. The van der Waals surface area contributed by atoms with Crippen LogP contribution in [0.25, 0.3) is 0 Å². The van der Waals surface area contributed by atoms with Gasteiger partial charge in [0.25, 0.3) is 0 Å². The van der Waals surface area contributed by atoms with Crippen molar-refractivity contribution < 1.29 is 24.0 Å². The molecule has 1 saturated carbocycles. The lowest BCUT2D eigenvalue weighted by atomic mass is 9.66. The van der Waals surface area contributed by atoms with Gasteiger partial charge in [-0.3, -0.25) is 4.79 Å². The molecule has 2 aliphatic heterocycles. The number of fused-ring (bicyclic) bond motifs is 2. The van der Waals surface area contributed by atoms with E-state index in [1.54, 1.807) is 0 Å². The average molecular weight is 296 g/mol. The van der Waals surface area contributed by atoms with E-state index >= 15 is 0 Å². The lowest BCUT2D eigenvalue weighted by Gasteiger charge is -2.36. The summed E-state index contributed by atoms with van der Waals surface area (Å²) in [5.41, 5.74) is -2.15. The van der Waals surface area contributed by atoms with E-state index in [0.29, 0.717) is 12.8 Å². The fourth-order valence-corrected chi connectivity index (χ4v) is 4.15. The summed E-state index contributed by atoms with van der Waals surface area (Å²) >= 11 is 0. The van der Waals surface area contributed by atoms with Gasteiger partial charge in [0.15, 0.2) is 0 Å². The number of carbonyl (C=O) groups excluding carboxylic acids is 2. The molecular weight excluding hydrogens is 270 g/mol. The molecular formula is C16H26NO4+. The zero-order valence-electron chi connectivity index (χ0n) is 13.5. The van der Waals surface area contributed by atoms with Crippen LogP contribution in [-0.4, -0.2) is 43.8 Å². The van der Waals surface area contributed by atoms with Crippen molar-refractivity contribution in [3.63, 3.8) is 0 Å².